The van der Waals surface area contributed by atoms with E-state index in [0.717, 1.165) is 22.3 Å². The molecule has 2 aromatic carbocycles. The largest absolute Gasteiger partial charge is 0.573 e. The van der Waals surface area contributed by atoms with Crippen LogP contribution < -0.4 is 4.74 Å². The second kappa shape index (κ2) is 5.77. The van der Waals surface area contributed by atoms with Crippen LogP contribution in [0.4, 0.5) is 13.2 Å². The summed E-state index contributed by atoms with van der Waals surface area (Å²) in [5, 5.41) is 9.29. The molecule has 5 heteroatoms. The van der Waals surface area contributed by atoms with Crippen LogP contribution in [0.5, 0.6) is 5.75 Å². The van der Waals surface area contributed by atoms with Crippen LogP contribution in [0.25, 0.3) is 11.1 Å². The van der Waals surface area contributed by atoms with Gasteiger partial charge in [-0.05, 0) is 53.8 Å². The molecular weight excluding hydrogens is 281 g/mol. The van der Waals surface area contributed by atoms with Crippen LogP contribution in [-0.2, 0) is 6.61 Å². The number of benzene rings is 2. The molecule has 0 radical (unpaired) electrons. The minimum Gasteiger partial charge on any atom is -0.406 e. The van der Waals surface area contributed by atoms with Crippen LogP contribution >= 0.6 is 0 Å². The maximum Gasteiger partial charge on any atom is 0.573 e. The monoisotopic (exact) mass is 296 g/mol. The van der Waals surface area contributed by atoms with E-state index in [0.29, 0.717) is 5.56 Å². The Labute approximate surface area is 120 Å². The van der Waals surface area contributed by atoms with Crippen molar-refractivity contribution in [2.75, 3.05) is 0 Å². The molecule has 0 saturated carbocycles. The fraction of sp³-hybridized carbons (Fsp3) is 0.250. The zero-order valence-electron chi connectivity index (χ0n) is 11.7. The van der Waals surface area contributed by atoms with Gasteiger partial charge in [0.2, 0.25) is 0 Å². The van der Waals surface area contributed by atoms with Gasteiger partial charge in [0, 0.05) is 0 Å². The Bertz CT molecular complexity index is 625. The summed E-state index contributed by atoms with van der Waals surface area (Å²) in [5.41, 5.74) is 4.05. The van der Waals surface area contributed by atoms with Gasteiger partial charge in [-0.25, -0.2) is 0 Å². The van der Waals surface area contributed by atoms with Crippen LogP contribution in [0, 0.1) is 13.8 Å². The van der Waals surface area contributed by atoms with Crippen molar-refractivity contribution in [2.24, 2.45) is 0 Å². The molecule has 0 saturated heterocycles. The molecule has 0 aliphatic rings. The smallest absolute Gasteiger partial charge is 0.406 e. The summed E-state index contributed by atoms with van der Waals surface area (Å²) in [6.45, 7) is 3.66. The van der Waals surface area contributed by atoms with Crippen LogP contribution in [-0.4, -0.2) is 11.5 Å². The average molecular weight is 296 g/mol. The third-order valence-electron chi connectivity index (χ3n) is 3.26. The van der Waals surface area contributed by atoms with E-state index in [2.05, 4.69) is 4.74 Å². The molecule has 0 atom stereocenters. The van der Waals surface area contributed by atoms with Gasteiger partial charge in [0.15, 0.2) is 0 Å². The molecule has 0 aromatic heterocycles. The SMILES string of the molecule is Cc1cc(-c2cccc(OC(F)(F)F)c2)cc(C)c1CO. The van der Waals surface area contributed by atoms with Crippen LogP contribution in [0.3, 0.4) is 0 Å². The van der Waals surface area contributed by atoms with Gasteiger partial charge in [0.05, 0.1) is 6.61 Å². The molecule has 0 spiro atoms. The van der Waals surface area contributed by atoms with Gasteiger partial charge in [0.1, 0.15) is 5.75 Å². The minimum atomic E-state index is -4.70. The molecule has 2 rings (SSSR count). The van der Waals surface area contributed by atoms with E-state index < -0.39 is 6.36 Å². The molecule has 0 aliphatic carbocycles. The molecule has 0 amide bonds. The highest BCUT2D eigenvalue weighted by molar-refractivity contribution is 5.67. The number of hydrogen-bond acceptors (Lipinski definition) is 2. The first kappa shape index (κ1) is 15.4. The molecule has 0 bridgehead atoms. The summed E-state index contributed by atoms with van der Waals surface area (Å²) in [4.78, 5) is 0. The summed E-state index contributed by atoms with van der Waals surface area (Å²) in [6, 6.07) is 9.52. The fourth-order valence-electron chi connectivity index (χ4n) is 2.28. The summed E-state index contributed by atoms with van der Waals surface area (Å²) in [6.07, 6.45) is -4.70. The number of alkyl halides is 3. The molecule has 2 nitrogen and oxygen atoms in total. The highest BCUT2D eigenvalue weighted by atomic mass is 19.4. The number of hydrogen-bond donors (Lipinski definition) is 1. The van der Waals surface area contributed by atoms with Gasteiger partial charge >= 0.3 is 6.36 Å². The maximum atomic E-state index is 12.3. The summed E-state index contributed by atoms with van der Waals surface area (Å²) < 4.78 is 40.7. The van der Waals surface area contributed by atoms with Gasteiger partial charge < -0.3 is 9.84 Å². The predicted octanol–water partition coefficient (Wildman–Crippen LogP) is 4.36. The molecule has 1 N–H and O–H groups in total. The first-order valence-electron chi connectivity index (χ1n) is 6.37. The van der Waals surface area contributed by atoms with Crippen molar-refractivity contribution in [2.45, 2.75) is 26.8 Å². The Morgan fingerprint density at radius 2 is 1.62 bits per heavy atom. The second-order valence-electron chi connectivity index (χ2n) is 4.82. The van der Waals surface area contributed by atoms with Gasteiger partial charge in [-0.3, -0.25) is 0 Å². The standard InChI is InChI=1S/C16H15F3O2/c1-10-6-13(7-11(2)15(10)9-20)12-4-3-5-14(8-12)21-16(17,18)19/h3-8,20H,9H2,1-2H3. The first-order chi connectivity index (χ1) is 9.80. The topological polar surface area (TPSA) is 29.5 Å². The van der Waals surface area contributed by atoms with Crippen molar-refractivity contribution >= 4 is 0 Å². The van der Waals surface area contributed by atoms with Crippen molar-refractivity contribution in [3.63, 3.8) is 0 Å². The average Bonchev–Trinajstić information content (AvgIpc) is 2.36. The Hall–Kier alpha value is -2.01. The van der Waals surface area contributed by atoms with Crippen molar-refractivity contribution in [3.05, 3.63) is 53.1 Å². The van der Waals surface area contributed by atoms with Crippen LogP contribution in [0.2, 0.25) is 0 Å². The van der Waals surface area contributed by atoms with Crippen molar-refractivity contribution in [1.82, 2.24) is 0 Å². The van der Waals surface area contributed by atoms with E-state index in [1.165, 1.54) is 18.2 Å². The molecule has 0 unspecified atom stereocenters. The Morgan fingerprint density at radius 1 is 1.00 bits per heavy atom. The first-order valence-corrected chi connectivity index (χ1v) is 6.37. The highest BCUT2D eigenvalue weighted by Crippen LogP contribution is 2.30. The zero-order chi connectivity index (χ0) is 15.6. The number of rotatable bonds is 3. The van der Waals surface area contributed by atoms with E-state index in [-0.39, 0.29) is 12.4 Å². The Balaban J connectivity index is 2.41. The second-order valence-corrected chi connectivity index (χ2v) is 4.82. The number of aryl methyl sites for hydroxylation is 2. The van der Waals surface area contributed by atoms with Gasteiger partial charge in [-0.2, -0.15) is 0 Å². The lowest BCUT2D eigenvalue weighted by Crippen LogP contribution is -2.17. The van der Waals surface area contributed by atoms with E-state index in [4.69, 9.17) is 0 Å². The fourth-order valence-corrected chi connectivity index (χ4v) is 2.28. The van der Waals surface area contributed by atoms with E-state index in [1.54, 1.807) is 6.07 Å². The number of aliphatic hydroxyl groups excluding tert-OH is 1. The lowest BCUT2D eigenvalue weighted by molar-refractivity contribution is -0.274. The third kappa shape index (κ3) is 3.76. The molecule has 21 heavy (non-hydrogen) atoms. The minimum absolute atomic E-state index is 0.0603. The van der Waals surface area contributed by atoms with Crippen molar-refractivity contribution < 1.29 is 23.0 Å². The van der Waals surface area contributed by atoms with Crippen LogP contribution in [0.15, 0.2) is 36.4 Å². The normalized spacial score (nSPS) is 11.5. The lowest BCUT2D eigenvalue weighted by atomic mass is 9.96. The van der Waals surface area contributed by atoms with Crippen molar-refractivity contribution in [1.29, 1.82) is 0 Å². The van der Waals surface area contributed by atoms with E-state index >= 15 is 0 Å². The van der Waals surface area contributed by atoms with E-state index in [9.17, 15) is 18.3 Å². The predicted molar refractivity (Wildman–Crippen MR) is 74.0 cm³/mol. The molecular formula is C16H15F3O2. The van der Waals surface area contributed by atoms with Gasteiger partial charge in [-0.1, -0.05) is 24.3 Å². The summed E-state index contributed by atoms with van der Waals surface area (Å²) in [7, 11) is 0. The molecule has 0 aliphatic heterocycles. The summed E-state index contributed by atoms with van der Waals surface area (Å²) in [5.74, 6) is -0.249. The lowest BCUT2D eigenvalue weighted by Gasteiger charge is -2.13. The summed E-state index contributed by atoms with van der Waals surface area (Å²) >= 11 is 0. The maximum absolute atomic E-state index is 12.3. The number of aliphatic hydroxyl groups is 1. The molecule has 0 fully saturated rings. The Morgan fingerprint density at radius 3 is 2.14 bits per heavy atom. The molecule has 0 heterocycles. The third-order valence-corrected chi connectivity index (χ3v) is 3.26. The number of halogens is 3. The van der Waals surface area contributed by atoms with Crippen LogP contribution in [0.1, 0.15) is 16.7 Å². The highest BCUT2D eigenvalue weighted by Gasteiger charge is 2.31. The zero-order valence-corrected chi connectivity index (χ0v) is 11.7. The van der Waals surface area contributed by atoms with Gasteiger partial charge in [0.25, 0.3) is 0 Å². The van der Waals surface area contributed by atoms with E-state index in [1.807, 2.05) is 26.0 Å². The van der Waals surface area contributed by atoms with Gasteiger partial charge in [-0.15, -0.1) is 13.2 Å². The quantitative estimate of drug-likeness (QED) is 0.911. The molecule has 112 valence electrons. The Kier molecular flexibility index (Phi) is 4.23. The number of ether oxygens (including phenoxy) is 1. The van der Waals surface area contributed by atoms with Crippen molar-refractivity contribution in [3.8, 4) is 16.9 Å². The molecule has 2 aromatic rings.